The van der Waals surface area contributed by atoms with E-state index in [1.54, 1.807) is 42.7 Å². The highest BCUT2D eigenvalue weighted by atomic mass is 16.5. The third-order valence-corrected chi connectivity index (χ3v) is 7.30. The van der Waals surface area contributed by atoms with Gasteiger partial charge in [-0.05, 0) is 99.4 Å². The number of hydrogen-bond donors (Lipinski definition) is 2. The highest BCUT2D eigenvalue weighted by Gasteiger charge is 2.17. The first-order chi connectivity index (χ1) is 19.8. The number of rotatable bonds is 8. The molecule has 7 heteroatoms. The van der Waals surface area contributed by atoms with Gasteiger partial charge in [0.2, 0.25) is 0 Å². The molecule has 0 radical (unpaired) electrons. The summed E-state index contributed by atoms with van der Waals surface area (Å²) in [6.45, 7) is 8.60. The molecule has 208 valence electrons. The van der Waals surface area contributed by atoms with Crippen molar-refractivity contribution >= 4 is 28.4 Å². The zero-order chi connectivity index (χ0) is 28.9. The zero-order valence-corrected chi connectivity index (χ0v) is 23.9. The van der Waals surface area contributed by atoms with Gasteiger partial charge in [0.25, 0.3) is 11.8 Å². The Morgan fingerprint density at radius 2 is 1.80 bits per heavy atom. The quantitative estimate of drug-likeness (QED) is 0.242. The maximum atomic E-state index is 13.6. The number of pyridine rings is 2. The third-order valence-electron chi connectivity index (χ3n) is 7.30. The molecule has 0 atom stereocenters. The van der Waals surface area contributed by atoms with E-state index in [1.165, 1.54) is 5.57 Å². The molecule has 2 aromatic carbocycles. The molecule has 0 unspecified atom stereocenters. The van der Waals surface area contributed by atoms with Crippen LogP contribution in [0, 0.1) is 13.8 Å². The van der Waals surface area contributed by atoms with Gasteiger partial charge in [0.15, 0.2) is 0 Å². The first-order valence-electron chi connectivity index (χ1n) is 13.9. The molecule has 0 bridgehead atoms. The van der Waals surface area contributed by atoms with E-state index in [-0.39, 0.29) is 11.8 Å². The van der Waals surface area contributed by atoms with Crippen LogP contribution in [-0.4, -0.2) is 28.3 Å². The number of carbonyl (C=O) groups is 2. The number of carbonyl (C=O) groups excluding carboxylic acids is 2. The number of amides is 2. The van der Waals surface area contributed by atoms with Crippen molar-refractivity contribution in [1.29, 1.82) is 0 Å². The van der Waals surface area contributed by atoms with Crippen LogP contribution in [0.25, 0.3) is 22.2 Å². The molecule has 0 aliphatic carbocycles. The average Bonchev–Trinajstić information content (AvgIpc) is 2.97. The van der Waals surface area contributed by atoms with Crippen LogP contribution in [0.2, 0.25) is 0 Å². The predicted octanol–water partition coefficient (Wildman–Crippen LogP) is 7.27. The van der Waals surface area contributed by atoms with Gasteiger partial charge in [-0.3, -0.25) is 14.6 Å². The molecule has 7 nitrogen and oxygen atoms in total. The fraction of sp³-hybridized carbons (Fsp3) is 0.235. The molecule has 2 amide bonds. The van der Waals surface area contributed by atoms with Gasteiger partial charge >= 0.3 is 0 Å². The van der Waals surface area contributed by atoms with Gasteiger partial charge in [0.1, 0.15) is 5.76 Å². The Balaban J connectivity index is 1.28. The molecule has 0 fully saturated rings. The summed E-state index contributed by atoms with van der Waals surface area (Å²) in [5.41, 5.74) is 7.30. The van der Waals surface area contributed by atoms with Crippen molar-refractivity contribution in [2.24, 2.45) is 0 Å². The van der Waals surface area contributed by atoms with Crippen LogP contribution in [0.15, 0.2) is 90.2 Å². The lowest BCUT2D eigenvalue weighted by molar-refractivity contribution is 0.0952. The molecule has 4 aromatic rings. The van der Waals surface area contributed by atoms with Crippen molar-refractivity contribution in [3.05, 3.63) is 112 Å². The first-order valence-corrected chi connectivity index (χ1v) is 13.9. The van der Waals surface area contributed by atoms with Crippen molar-refractivity contribution in [1.82, 2.24) is 15.3 Å². The van der Waals surface area contributed by atoms with Gasteiger partial charge in [-0.15, -0.1) is 0 Å². The van der Waals surface area contributed by atoms with E-state index < -0.39 is 0 Å². The number of nitrogens with zero attached hydrogens (tertiary/aromatic N) is 2. The molecule has 0 spiro atoms. The summed E-state index contributed by atoms with van der Waals surface area (Å²) in [5.74, 6) is 1.43. The summed E-state index contributed by atoms with van der Waals surface area (Å²) in [7, 11) is 0. The normalized spacial score (nSPS) is 13.0. The lowest BCUT2D eigenvalue weighted by Crippen LogP contribution is -2.25. The predicted molar refractivity (Wildman–Crippen MR) is 163 cm³/mol. The number of anilines is 1. The van der Waals surface area contributed by atoms with Gasteiger partial charge in [0, 0.05) is 47.6 Å². The van der Waals surface area contributed by atoms with Crippen molar-refractivity contribution in [3.63, 3.8) is 0 Å². The number of hydrogen-bond acceptors (Lipinski definition) is 5. The van der Waals surface area contributed by atoms with E-state index in [9.17, 15) is 9.59 Å². The molecule has 0 saturated heterocycles. The number of aromatic nitrogens is 2. The average molecular weight is 547 g/mol. The van der Waals surface area contributed by atoms with Crippen molar-refractivity contribution in [2.75, 3.05) is 11.9 Å². The summed E-state index contributed by atoms with van der Waals surface area (Å²) in [5, 5.41) is 6.73. The zero-order valence-electron chi connectivity index (χ0n) is 23.9. The number of aryl methyl sites for hydroxylation is 2. The van der Waals surface area contributed by atoms with E-state index in [1.807, 2.05) is 39.0 Å². The van der Waals surface area contributed by atoms with Gasteiger partial charge in [0.05, 0.1) is 22.5 Å². The molecule has 2 N–H and O–H groups in total. The standard InChI is InChI=1S/C34H34N4O3/c1-5-24-10-13-28(41-23(24)4)14-16-36-33(39)25-8-11-27(12-9-25)37-34(40)30-19-31(26-7-6-15-35-20-26)38-32-22(3)17-21(2)18-29(30)32/h6-9,11-13,15,17-20H,5,10,14,16H2,1-4H3,(H,36,39)(H,37,40). The summed E-state index contributed by atoms with van der Waals surface area (Å²) in [6, 6.07) is 16.5. The maximum Gasteiger partial charge on any atom is 0.256 e. The SMILES string of the molecule is CCC1=C(C)OC(CCNC(=O)c2ccc(NC(=O)c3cc(-c4cccnc4)nc4c(C)cc(C)cc34)cc2)=CC1. The summed E-state index contributed by atoms with van der Waals surface area (Å²) < 4.78 is 5.88. The molecule has 41 heavy (non-hydrogen) atoms. The van der Waals surface area contributed by atoms with Gasteiger partial charge in [-0.25, -0.2) is 4.98 Å². The van der Waals surface area contributed by atoms with Crippen LogP contribution < -0.4 is 10.6 Å². The Kier molecular flexibility index (Phi) is 8.24. The van der Waals surface area contributed by atoms with Crippen LogP contribution in [0.5, 0.6) is 0 Å². The second-order valence-corrected chi connectivity index (χ2v) is 10.3. The van der Waals surface area contributed by atoms with Gasteiger partial charge in [-0.2, -0.15) is 0 Å². The van der Waals surface area contributed by atoms with Crippen LogP contribution in [0.4, 0.5) is 5.69 Å². The number of benzene rings is 2. The summed E-state index contributed by atoms with van der Waals surface area (Å²) >= 11 is 0. The maximum absolute atomic E-state index is 13.6. The topological polar surface area (TPSA) is 93.2 Å². The molecule has 0 saturated carbocycles. The van der Waals surface area contributed by atoms with E-state index in [4.69, 9.17) is 9.72 Å². The van der Waals surface area contributed by atoms with Crippen LogP contribution in [-0.2, 0) is 4.74 Å². The number of nitrogens with one attached hydrogen (secondary N) is 2. The number of ether oxygens (including phenoxy) is 1. The fourth-order valence-corrected chi connectivity index (χ4v) is 5.07. The minimum absolute atomic E-state index is 0.173. The summed E-state index contributed by atoms with van der Waals surface area (Å²) in [6.07, 6.45) is 8.05. The minimum atomic E-state index is -0.249. The molecular formula is C34H34N4O3. The lowest BCUT2D eigenvalue weighted by atomic mass is 9.99. The smallest absolute Gasteiger partial charge is 0.256 e. The molecule has 5 rings (SSSR count). The molecule has 3 heterocycles. The Labute approximate surface area is 240 Å². The molecule has 1 aliphatic heterocycles. The second kappa shape index (κ2) is 12.2. The molecule has 2 aromatic heterocycles. The minimum Gasteiger partial charge on any atom is -0.467 e. The third kappa shape index (κ3) is 6.35. The number of fused-ring (bicyclic) bond motifs is 1. The number of allylic oxidation sites excluding steroid dienone is 3. The second-order valence-electron chi connectivity index (χ2n) is 10.3. The Hall–Kier alpha value is -4.78. The lowest BCUT2D eigenvalue weighted by Gasteiger charge is -2.19. The van der Waals surface area contributed by atoms with Crippen LogP contribution >= 0.6 is 0 Å². The van der Waals surface area contributed by atoms with Gasteiger partial charge < -0.3 is 15.4 Å². The van der Waals surface area contributed by atoms with Crippen molar-refractivity contribution < 1.29 is 14.3 Å². The van der Waals surface area contributed by atoms with E-state index in [0.717, 1.165) is 52.0 Å². The van der Waals surface area contributed by atoms with Crippen LogP contribution in [0.1, 0.15) is 65.0 Å². The Morgan fingerprint density at radius 1 is 1.00 bits per heavy atom. The molecule has 1 aliphatic rings. The van der Waals surface area contributed by atoms with Gasteiger partial charge in [-0.1, -0.05) is 18.6 Å². The van der Waals surface area contributed by atoms with Crippen molar-refractivity contribution in [2.45, 2.75) is 47.0 Å². The van der Waals surface area contributed by atoms with E-state index in [0.29, 0.717) is 35.5 Å². The highest BCUT2D eigenvalue weighted by Crippen LogP contribution is 2.29. The fourth-order valence-electron chi connectivity index (χ4n) is 5.07. The Morgan fingerprint density at radius 3 is 2.51 bits per heavy atom. The van der Waals surface area contributed by atoms with E-state index >= 15 is 0 Å². The van der Waals surface area contributed by atoms with Crippen molar-refractivity contribution in [3.8, 4) is 11.3 Å². The monoisotopic (exact) mass is 546 g/mol. The van der Waals surface area contributed by atoms with E-state index in [2.05, 4.69) is 34.7 Å². The largest absolute Gasteiger partial charge is 0.467 e. The highest BCUT2D eigenvalue weighted by molar-refractivity contribution is 6.13. The summed E-state index contributed by atoms with van der Waals surface area (Å²) in [4.78, 5) is 35.3. The molecular weight excluding hydrogens is 512 g/mol. The first kappa shape index (κ1) is 27.8. The van der Waals surface area contributed by atoms with Crippen LogP contribution in [0.3, 0.4) is 0 Å². The Bertz CT molecular complexity index is 1670.